The van der Waals surface area contributed by atoms with Gasteiger partial charge < -0.3 is 19.2 Å². The molecule has 23 heavy (non-hydrogen) atoms. The number of halogens is 1. The Morgan fingerprint density at radius 2 is 2.17 bits per heavy atom. The fourth-order valence-electron chi connectivity index (χ4n) is 2.26. The average Bonchev–Trinajstić information content (AvgIpc) is 3.15. The highest BCUT2D eigenvalue weighted by molar-refractivity contribution is 14.0. The number of rotatable bonds is 7. The molecule has 0 saturated carbocycles. The van der Waals surface area contributed by atoms with Gasteiger partial charge in [0.15, 0.2) is 5.96 Å². The quantitative estimate of drug-likeness (QED) is 0.417. The molecule has 0 aliphatic carbocycles. The lowest BCUT2D eigenvalue weighted by Crippen LogP contribution is -2.40. The second-order valence-corrected chi connectivity index (χ2v) is 5.43. The van der Waals surface area contributed by atoms with E-state index in [-0.39, 0.29) is 24.0 Å². The van der Waals surface area contributed by atoms with Gasteiger partial charge in [-0.1, -0.05) is 6.92 Å². The Morgan fingerprint density at radius 3 is 2.78 bits per heavy atom. The Bertz CT molecular complexity index is 577. The summed E-state index contributed by atoms with van der Waals surface area (Å²) in [5.41, 5.74) is 1.26. The van der Waals surface area contributed by atoms with Crippen molar-refractivity contribution in [1.29, 1.82) is 0 Å². The highest BCUT2D eigenvalue weighted by atomic mass is 127. The van der Waals surface area contributed by atoms with Gasteiger partial charge in [-0.05, 0) is 30.7 Å². The van der Waals surface area contributed by atoms with Crippen LogP contribution in [0.15, 0.2) is 46.1 Å². The van der Waals surface area contributed by atoms with Crippen LogP contribution in [0.4, 0.5) is 0 Å². The second-order valence-electron chi connectivity index (χ2n) is 5.43. The Hall–Kier alpha value is -1.44. The van der Waals surface area contributed by atoms with Crippen LogP contribution in [0, 0.1) is 0 Å². The summed E-state index contributed by atoms with van der Waals surface area (Å²) in [6, 6.07) is 8.12. The summed E-state index contributed by atoms with van der Waals surface area (Å²) in [5, 5.41) is 3.43. The van der Waals surface area contributed by atoms with Crippen LogP contribution in [0.1, 0.15) is 24.8 Å². The zero-order chi connectivity index (χ0) is 15.8. The smallest absolute Gasteiger partial charge is 0.194 e. The number of nitrogens with zero attached hydrogens (tertiary/aromatic N) is 3. The summed E-state index contributed by atoms with van der Waals surface area (Å²) >= 11 is 0. The van der Waals surface area contributed by atoms with Gasteiger partial charge in [0.25, 0.3) is 0 Å². The fraction of sp³-hybridized carbons (Fsp3) is 0.471. The predicted molar refractivity (Wildman–Crippen MR) is 105 cm³/mol. The zero-order valence-electron chi connectivity index (χ0n) is 14.2. The number of aromatic nitrogens is 1. The first-order chi connectivity index (χ1) is 10.7. The molecule has 0 atom stereocenters. The molecule has 0 spiro atoms. The van der Waals surface area contributed by atoms with Crippen molar-refractivity contribution in [3.05, 3.63) is 48.2 Å². The fourth-order valence-corrected chi connectivity index (χ4v) is 2.26. The molecule has 6 heteroatoms. The maximum atomic E-state index is 5.36. The van der Waals surface area contributed by atoms with Gasteiger partial charge in [0, 0.05) is 45.5 Å². The predicted octanol–water partition coefficient (Wildman–Crippen LogP) is 3.27. The molecule has 0 saturated heterocycles. The standard InChI is InChI=1S/C17H26N4O.HI/c1-4-10-18-17(19-11-9-16-8-6-13-22-16)21(3)14-15-7-5-12-20(15)2;/h5-8,12-13H,4,9-11,14H2,1-3H3,(H,18,19);1H. The minimum absolute atomic E-state index is 0. The Morgan fingerprint density at radius 1 is 1.35 bits per heavy atom. The summed E-state index contributed by atoms with van der Waals surface area (Å²) in [6.07, 6.45) is 5.68. The summed E-state index contributed by atoms with van der Waals surface area (Å²) in [4.78, 5) is 6.82. The Kier molecular flexibility index (Phi) is 8.83. The molecule has 0 amide bonds. The van der Waals surface area contributed by atoms with Crippen LogP contribution in [-0.2, 0) is 20.0 Å². The van der Waals surface area contributed by atoms with Crippen LogP contribution >= 0.6 is 24.0 Å². The first-order valence-electron chi connectivity index (χ1n) is 7.82. The molecule has 0 aliphatic heterocycles. The van der Waals surface area contributed by atoms with Gasteiger partial charge in [0.1, 0.15) is 5.76 Å². The SMILES string of the molecule is CCCN=C(NCCc1ccco1)N(C)Cc1cccn1C.I. The number of hydrogen-bond acceptors (Lipinski definition) is 2. The number of hydrogen-bond donors (Lipinski definition) is 1. The van der Waals surface area contributed by atoms with Gasteiger partial charge >= 0.3 is 0 Å². The number of aliphatic imine (C=N–C) groups is 1. The van der Waals surface area contributed by atoms with E-state index in [2.05, 4.69) is 59.1 Å². The maximum absolute atomic E-state index is 5.36. The summed E-state index contributed by atoms with van der Waals surface area (Å²) in [6.45, 7) is 4.62. The first-order valence-corrected chi connectivity index (χ1v) is 7.82. The molecule has 5 nitrogen and oxygen atoms in total. The third-order valence-electron chi connectivity index (χ3n) is 3.53. The number of aryl methyl sites for hydroxylation is 1. The van der Waals surface area contributed by atoms with Crippen LogP contribution in [0.5, 0.6) is 0 Å². The van der Waals surface area contributed by atoms with Crippen LogP contribution in [0.2, 0.25) is 0 Å². The van der Waals surface area contributed by atoms with Gasteiger partial charge in [0.2, 0.25) is 0 Å². The van der Waals surface area contributed by atoms with E-state index in [4.69, 9.17) is 4.42 Å². The molecule has 2 rings (SSSR count). The van der Waals surface area contributed by atoms with Crippen LogP contribution in [-0.4, -0.2) is 35.6 Å². The molecule has 2 aromatic heterocycles. The molecule has 2 heterocycles. The van der Waals surface area contributed by atoms with Gasteiger partial charge in [-0.15, -0.1) is 24.0 Å². The van der Waals surface area contributed by atoms with Crippen molar-refractivity contribution < 1.29 is 4.42 Å². The van der Waals surface area contributed by atoms with Crippen molar-refractivity contribution in [2.45, 2.75) is 26.3 Å². The summed E-state index contributed by atoms with van der Waals surface area (Å²) < 4.78 is 7.50. The van der Waals surface area contributed by atoms with Crippen LogP contribution < -0.4 is 5.32 Å². The van der Waals surface area contributed by atoms with Crippen molar-refractivity contribution in [2.24, 2.45) is 12.0 Å². The Labute approximate surface area is 155 Å². The molecule has 1 N–H and O–H groups in total. The molecular weight excluding hydrogens is 403 g/mol. The number of furan rings is 1. The zero-order valence-corrected chi connectivity index (χ0v) is 16.5. The summed E-state index contributed by atoms with van der Waals surface area (Å²) in [7, 11) is 4.14. The van der Waals surface area contributed by atoms with E-state index >= 15 is 0 Å². The Balaban J connectivity index is 0.00000264. The molecule has 0 fully saturated rings. The molecule has 0 aliphatic rings. The van der Waals surface area contributed by atoms with E-state index in [0.717, 1.165) is 44.2 Å². The number of nitrogens with one attached hydrogen (secondary N) is 1. The minimum atomic E-state index is 0. The van der Waals surface area contributed by atoms with Gasteiger partial charge in [-0.3, -0.25) is 4.99 Å². The lowest BCUT2D eigenvalue weighted by Gasteiger charge is -2.22. The number of guanidine groups is 1. The van der Waals surface area contributed by atoms with Crippen molar-refractivity contribution in [3.63, 3.8) is 0 Å². The lowest BCUT2D eigenvalue weighted by molar-refractivity contribution is 0.456. The molecule has 2 aromatic rings. The maximum Gasteiger partial charge on any atom is 0.194 e. The molecule has 0 unspecified atom stereocenters. The average molecular weight is 430 g/mol. The highest BCUT2D eigenvalue weighted by Gasteiger charge is 2.09. The lowest BCUT2D eigenvalue weighted by atomic mass is 10.3. The second kappa shape index (κ2) is 10.4. The van der Waals surface area contributed by atoms with E-state index < -0.39 is 0 Å². The molecule has 0 bridgehead atoms. The van der Waals surface area contributed by atoms with Crippen molar-refractivity contribution in [2.75, 3.05) is 20.1 Å². The van der Waals surface area contributed by atoms with E-state index in [1.54, 1.807) is 6.26 Å². The normalized spacial score (nSPS) is 11.2. The van der Waals surface area contributed by atoms with E-state index in [0.29, 0.717) is 0 Å². The first kappa shape index (κ1) is 19.6. The van der Waals surface area contributed by atoms with Crippen molar-refractivity contribution in [3.8, 4) is 0 Å². The van der Waals surface area contributed by atoms with Crippen molar-refractivity contribution >= 4 is 29.9 Å². The molecule has 0 aromatic carbocycles. The van der Waals surface area contributed by atoms with E-state index in [1.165, 1.54) is 5.69 Å². The highest BCUT2D eigenvalue weighted by Crippen LogP contribution is 2.04. The molecule has 128 valence electrons. The van der Waals surface area contributed by atoms with Gasteiger partial charge in [0.05, 0.1) is 12.8 Å². The molecular formula is C17H27IN4O. The summed E-state index contributed by atoms with van der Waals surface area (Å²) in [5.74, 6) is 1.93. The van der Waals surface area contributed by atoms with E-state index in [9.17, 15) is 0 Å². The van der Waals surface area contributed by atoms with E-state index in [1.807, 2.05) is 12.1 Å². The monoisotopic (exact) mass is 430 g/mol. The largest absolute Gasteiger partial charge is 0.469 e. The van der Waals surface area contributed by atoms with Gasteiger partial charge in [-0.2, -0.15) is 0 Å². The van der Waals surface area contributed by atoms with Crippen LogP contribution in [0.3, 0.4) is 0 Å². The third-order valence-corrected chi connectivity index (χ3v) is 3.53. The third kappa shape index (κ3) is 6.29. The van der Waals surface area contributed by atoms with Crippen molar-refractivity contribution in [1.82, 2.24) is 14.8 Å². The van der Waals surface area contributed by atoms with Gasteiger partial charge in [-0.25, -0.2) is 0 Å². The minimum Gasteiger partial charge on any atom is -0.469 e. The topological polar surface area (TPSA) is 45.7 Å². The van der Waals surface area contributed by atoms with Crippen LogP contribution in [0.25, 0.3) is 0 Å². The molecule has 0 radical (unpaired) electrons.